The van der Waals surface area contributed by atoms with E-state index in [1.807, 2.05) is 57.2 Å². The van der Waals surface area contributed by atoms with Crippen LogP contribution in [-0.4, -0.2) is 31.9 Å². The first-order valence-electron chi connectivity index (χ1n) is 9.46. The van der Waals surface area contributed by atoms with E-state index in [0.29, 0.717) is 24.7 Å². The summed E-state index contributed by atoms with van der Waals surface area (Å²) in [5, 5.41) is 6.70. The Bertz CT molecular complexity index is 818. The van der Waals surface area contributed by atoms with E-state index < -0.39 is 0 Å². The van der Waals surface area contributed by atoms with E-state index in [-0.39, 0.29) is 12.5 Å². The lowest BCUT2D eigenvalue weighted by molar-refractivity contribution is -0.120. The maximum Gasteiger partial charge on any atom is 0.265 e. The Morgan fingerprint density at radius 2 is 1.93 bits per heavy atom. The first-order valence-corrected chi connectivity index (χ1v) is 9.46. The SMILES string of the molecule is CCCOc1ccc(C=NOCC(=O)Nc2cccc(C)c2C)cc1OCC. The molecule has 0 spiro atoms. The van der Waals surface area contributed by atoms with Crippen LogP contribution in [0.15, 0.2) is 41.6 Å². The van der Waals surface area contributed by atoms with Gasteiger partial charge in [0.1, 0.15) is 0 Å². The first-order chi connectivity index (χ1) is 13.5. The second kappa shape index (κ2) is 11.0. The van der Waals surface area contributed by atoms with Gasteiger partial charge in [-0.05, 0) is 62.6 Å². The normalized spacial score (nSPS) is 10.7. The molecule has 1 N–H and O–H groups in total. The number of benzene rings is 2. The van der Waals surface area contributed by atoms with Crippen molar-refractivity contribution in [3.63, 3.8) is 0 Å². The Balaban J connectivity index is 1.90. The van der Waals surface area contributed by atoms with Gasteiger partial charge in [-0.3, -0.25) is 4.79 Å². The minimum atomic E-state index is -0.260. The number of carbonyl (C=O) groups excluding carboxylic acids is 1. The third-order valence-electron chi connectivity index (χ3n) is 4.08. The summed E-state index contributed by atoms with van der Waals surface area (Å²) in [7, 11) is 0. The lowest BCUT2D eigenvalue weighted by atomic mass is 10.1. The highest BCUT2D eigenvalue weighted by molar-refractivity contribution is 5.92. The van der Waals surface area contributed by atoms with Crippen LogP contribution in [-0.2, 0) is 9.63 Å². The zero-order valence-electron chi connectivity index (χ0n) is 17.0. The van der Waals surface area contributed by atoms with E-state index in [1.165, 1.54) is 6.21 Å². The lowest BCUT2D eigenvalue weighted by Crippen LogP contribution is -2.17. The number of aryl methyl sites for hydroxylation is 1. The largest absolute Gasteiger partial charge is 0.490 e. The van der Waals surface area contributed by atoms with Crippen LogP contribution in [0.2, 0.25) is 0 Å². The molecular weight excluding hydrogens is 356 g/mol. The Morgan fingerprint density at radius 1 is 1.11 bits per heavy atom. The number of nitrogens with one attached hydrogen (secondary N) is 1. The minimum absolute atomic E-state index is 0.167. The predicted octanol–water partition coefficient (Wildman–Crippen LogP) is 4.48. The van der Waals surface area contributed by atoms with Crippen LogP contribution in [0.25, 0.3) is 0 Å². The van der Waals surface area contributed by atoms with Crippen molar-refractivity contribution in [3.05, 3.63) is 53.1 Å². The second-order valence-electron chi connectivity index (χ2n) is 6.29. The van der Waals surface area contributed by atoms with Gasteiger partial charge in [0.15, 0.2) is 18.1 Å². The fraction of sp³-hybridized carbons (Fsp3) is 0.364. The summed E-state index contributed by atoms with van der Waals surface area (Å²) < 4.78 is 11.3. The molecule has 0 saturated heterocycles. The molecule has 1 amide bonds. The Labute approximate surface area is 166 Å². The number of nitrogens with zero attached hydrogens (tertiary/aromatic N) is 1. The van der Waals surface area contributed by atoms with Crippen LogP contribution >= 0.6 is 0 Å². The molecule has 6 heteroatoms. The zero-order chi connectivity index (χ0) is 20.4. The van der Waals surface area contributed by atoms with Gasteiger partial charge in [0.05, 0.1) is 19.4 Å². The molecule has 2 aromatic carbocycles. The monoisotopic (exact) mass is 384 g/mol. The van der Waals surface area contributed by atoms with Crippen molar-refractivity contribution in [2.45, 2.75) is 34.1 Å². The molecule has 2 rings (SSSR count). The van der Waals surface area contributed by atoms with E-state index in [4.69, 9.17) is 14.3 Å². The van der Waals surface area contributed by atoms with Gasteiger partial charge in [0, 0.05) is 11.3 Å². The standard InChI is InChI=1S/C22H28N2O4/c1-5-12-27-20-11-10-18(13-21(20)26-6-2)14-23-28-15-22(25)24-19-9-7-8-16(3)17(19)4/h7-11,13-14H,5-6,12,15H2,1-4H3,(H,24,25). The molecule has 150 valence electrons. The maximum absolute atomic E-state index is 12.0. The Morgan fingerprint density at radius 3 is 2.68 bits per heavy atom. The summed E-state index contributed by atoms with van der Waals surface area (Å²) in [6.07, 6.45) is 2.46. The molecule has 6 nitrogen and oxygen atoms in total. The van der Waals surface area contributed by atoms with Gasteiger partial charge in [0.25, 0.3) is 5.91 Å². The second-order valence-corrected chi connectivity index (χ2v) is 6.29. The van der Waals surface area contributed by atoms with Crippen molar-refractivity contribution in [2.75, 3.05) is 25.1 Å². The van der Waals surface area contributed by atoms with Gasteiger partial charge in [-0.15, -0.1) is 0 Å². The number of rotatable bonds is 10. The molecule has 0 aromatic heterocycles. The van der Waals surface area contributed by atoms with Gasteiger partial charge >= 0.3 is 0 Å². The molecule has 0 atom stereocenters. The summed E-state index contributed by atoms with van der Waals surface area (Å²) in [6.45, 7) is 8.94. The molecule has 0 aliphatic carbocycles. The van der Waals surface area contributed by atoms with Crippen molar-refractivity contribution in [3.8, 4) is 11.5 Å². The highest BCUT2D eigenvalue weighted by atomic mass is 16.6. The molecule has 0 unspecified atom stereocenters. The fourth-order valence-corrected chi connectivity index (χ4v) is 2.47. The first kappa shape index (κ1) is 21.3. The molecule has 0 aliphatic rings. The van der Waals surface area contributed by atoms with Crippen molar-refractivity contribution >= 4 is 17.8 Å². The fourth-order valence-electron chi connectivity index (χ4n) is 2.47. The molecule has 0 aliphatic heterocycles. The predicted molar refractivity (Wildman–Crippen MR) is 111 cm³/mol. The van der Waals surface area contributed by atoms with Crippen molar-refractivity contribution in [1.82, 2.24) is 0 Å². The van der Waals surface area contributed by atoms with Crippen molar-refractivity contribution in [2.24, 2.45) is 5.16 Å². The highest BCUT2D eigenvalue weighted by Crippen LogP contribution is 2.28. The van der Waals surface area contributed by atoms with Gasteiger partial charge in [-0.1, -0.05) is 24.2 Å². The number of oxime groups is 1. The summed E-state index contributed by atoms with van der Waals surface area (Å²) in [5.74, 6) is 1.10. The third kappa shape index (κ3) is 6.30. The number of ether oxygens (including phenoxy) is 2. The Hall–Kier alpha value is -3.02. The molecule has 0 fully saturated rings. The number of amides is 1. The molecule has 0 bridgehead atoms. The number of carbonyl (C=O) groups is 1. The topological polar surface area (TPSA) is 69.2 Å². The molecule has 0 saturated carbocycles. The van der Waals surface area contributed by atoms with Crippen LogP contribution in [0.3, 0.4) is 0 Å². The van der Waals surface area contributed by atoms with E-state index in [9.17, 15) is 4.79 Å². The van der Waals surface area contributed by atoms with E-state index >= 15 is 0 Å². The van der Waals surface area contributed by atoms with E-state index in [2.05, 4.69) is 17.4 Å². The highest BCUT2D eigenvalue weighted by Gasteiger charge is 2.07. The minimum Gasteiger partial charge on any atom is -0.490 e. The molecule has 28 heavy (non-hydrogen) atoms. The summed E-state index contributed by atoms with van der Waals surface area (Å²) in [4.78, 5) is 17.1. The third-order valence-corrected chi connectivity index (χ3v) is 4.08. The van der Waals surface area contributed by atoms with E-state index in [1.54, 1.807) is 0 Å². The number of hydrogen-bond donors (Lipinski definition) is 1. The van der Waals surface area contributed by atoms with Crippen molar-refractivity contribution < 1.29 is 19.1 Å². The lowest BCUT2D eigenvalue weighted by Gasteiger charge is -2.11. The quantitative estimate of drug-likeness (QED) is 0.484. The van der Waals surface area contributed by atoms with E-state index in [0.717, 1.165) is 28.8 Å². The molecular formula is C22H28N2O4. The van der Waals surface area contributed by atoms with Crippen LogP contribution in [0.4, 0.5) is 5.69 Å². The molecule has 0 heterocycles. The summed E-state index contributed by atoms with van der Waals surface area (Å²) in [5.41, 5.74) is 3.73. The average Bonchev–Trinajstić information content (AvgIpc) is 2.68. The molecule has 0 radical (unpaired) electrons. The summed E-state index contributed by atoms with van der Waals surface area (Å²) >= 11 is 0. The summed E-state index contributed by atoms with van der Waals surface area (Å²) in [6, 6.07) is 11.3. The molecule has 2 aromatic rings. The van der Waals surface area contributed by atoms with Gasteiger partial charge in [-0.25, -0.2) is 0 Å². The van der Waals surface area contributed by atoms with Crippen LogP contribution in [0.1, 0.15) is 37.0 Å². The smallest absolute Gasteiger partial charge is 0.265 e. The maximum atomic E-state index is 12.0. The van der Waals surface area contributed by atoms with Gasteiger partial charge < -0.3 is 19.6 Å². The average molecular weight is 384 g/mol. The van der Waals surface area contributed by atoms with Crippen molar-refractivity contribution in [1.29, 1.82) is 0 Å². The zero-order valence-corrected chi connectivity index (χ0v) is 17.0. The Kier molecular flexibility index (Phi) is 8.34. The number of hydrogen-bond acceptors (Lipinski definition) is 5. The van der Waals surface area contributed by atoms with Crippen LogP contribution < -0.4 is 14.8 Å². The van der Waals surface area contributed by atoms with Gasteiger partial charge in [-0.2, -0.15) is 0 Å². The number of anilines is 1. The van der Waals surface area contributed by atoms with Crippen LogP contribution in [0, 0.1) is 13.8 Å². The van der Waals surface area contributed by atoms with Crippen LogP contribution in [0.5, 0.6) is 11.5 Å². The van der Waals surface area contributed by atoms with Gasteiger partial charge in [0.2, 0.25) is 0 Å².